The lowest BCUT2D eigenvalue weighted by Gasteiger charge is -2.20. The number of nitrogens with one attached hydrogen (secondary N) is 1. The Bertz CT molecular complexity index is 460. The highest BCUT2D eigenvalue weighted by atomic mass is 79.9. The highest BCUT2D eigenvalue weighted by Gasteiger charge is 2.28. The zero-order valence-electron chi connectivity index (χ0n) is 12.2. The van der Waals surface area contributed by atoms with Crippen molar-refractivity contribution in [2.45, 2.75) is 33.7 Å². The van der Waals surface area contributed by atoms with Crippen molar-refractivity contribution in [1.29, 1.82) is 0 Å². The standard InChI is InChI=1S/C15H22BrNO3/c1-4-7-17-9-11-5-6-13(12(16)8-11)20-10-15(2,3)14(18)19/h5-6,8,17H,4,7,9-10H2,1-3H3,(H,18,19). The topological polar surface area (TPSA) is 58.6 Å². The molecule has 112 valence electrons. The minimum Gasteiger partial charge on any atom is -0.491 e. The van der Waals surface area contributed by atoms with E-state index in [1.807, 2.05) is 18.2 Å². The monoisotopic (exact) mass is 343 g/mol. The number of halogens is 1. The molecule has 0 aromatic heterocycles. The smallest absolute Gasteiger partial charge is 0.312 e. The normalized spacial score (nSPS) is 11.4. The third kappa shape index (κ3) is 5.13. The van der Waals surface area contributed by atoms with E-state index in [-0.39, 0.29) is 6.61 Å². The minimum absolute atomic E-state index is 0.133. The Morgan fingerprint density at radius 2 is 2.15 bits per heavy atom. The lowest BCUT2D eigenvalue weighted by atomic mass is 9.95. The summed E-state index contributed by atoms with van der Waals surface area (Å²) in [6.07, 6.45) is 1.10. The van der Waals surface area contributed by atoms with Crippen LogP contribution in [0.15, 0.2) is 22.7 Å². The molecular formula is C15H22BrNO3. The number of carboxylic acids is 1. The van der Waals surface area contributed by atoms with Crippen molar-refractivity contribution in [3.05, 3.63) is 28.2 Å². The molecule has 0 amide bonds. The Balaban J connectivity index is 2.62. The average molecular weight is 344 g/mol. The van der Waals surface area contributed by atoms with Crippen LogP contribution in [-0.2, 0) is 11.3 Å². The Morgan fingerprint density at radius 1 is 1.45 bits per heavy atom. The molecule has 0 spiro atoms. The molecule has 0 fully saturated rings. The SMILES string of the molecule is CCCNCc1ccc(OCC(C)(C)C(=O)O)c(Br)c1. The Morgan fingerprint density at radius 3 is 2.70 bits per heavy atom. The molecule has 0 aliphatic carbocycles. The van der Waals surface area contributed by atoms with Crippen LogP contribution in [0.1, 0.15) is 32.8 Å². The van der Waals surface area contributed by atoms with E-state index in [1.54, 1.807) is 13.8 Å². The van der Waals surface area contributed by atoms with Crippen molar-refractivity contribution in [2.24, 2.45) is 5.41 Å². The van der Waals surface area contributed by atoms with Crippen molar-refractivity contribution in [3.63, 3.8) is 0 Å². The van der Waals surface area contributed by atoms with Crippen LogP contribution in [0.2, 0.25) is 0 Å². The molecule has 2 N–H and O–H groups in total. The number of rotatable bonds is 8. The highest BCUT2D eigenvalue weighted by molar-refractivity contribution is 9.10. The van der Waals surface area contributed by atoms with Crippen LogP contribution in [-0.4, -0.2) is 24.2 Å². The second kappa shape index (κ2) is 7.64. The summed E-state index contributed by atoms with van der Waals surface area (Å²) < 4.78 is 6.44. The lowest BCUT2D eigenvalue weighted by molar-refractivity contribution is -0.148. The number of ether oxygens (including phenoxy) is 1. The largest absolute Gasteiger partial charge is 0.491 e. The molecule has 1 aromatic carbocycles. The van der Waals surface area contributed by atoms with Crippen LogP contribution in [0.4, 0.5) is 0 Å². The maximum atomic E-state index is 11.0. The Hall–Kier alpha value is -1.07. The fourth-order valence-corrected chi connectivity index (χ4v) is 2.04. The predicted molar refractivity (Wildman–Crippen MR) is 83.1 cm³/mol. The second-order valence-corrected chi connectivity index (χ2v) is 6.27. The zero-order valence-corrected chi connectivity index (χ0v) is 13.8. The first kappa shape index (κ1) is 17.0. The number of hydrogen-bond donors (Lipinski definition) is 2. The molecule has 0 bridgehead atoms. The molecule has 0 heterocycles. The van der Waals surface area contributed by atoms with Gasteiger partial charge in [-0.1, -0.05) is 13.0 Å². The van der Waals surface area contributed by atoms with E-state index in [0.29, 0.717) is 5.75 Å². The van der Waals surface area contributed by atoms with Gasteiger partial charge in [0.2, 0.25) is 0 Å². The molecule has 0 atom stereocenters. The van der Waals surface area contributed by atoms with Gasteiger partial charge in [-0.25, -0.2) is 0 Å². The third-order valence-corrected chi connectivity index (χ3v) is 3.54. The van der Waals surface area contributed by atoms with Crippen molar-refractivity contribution >= 4 is 21.9 Å². The number of aliphatic carboxylic acids is 1. The number of carbonyl (C=O) groups is 1. The van der Waals surface area contributed by atoms with E-state index >= 15 is 0 Å². The van der Waals surface area contributed by atoms with Gasteiger partial charge in [0.15, 0.2) is 0 Å². The Labute approximate surface area is 128 Å². The molecule has 0 unspecified atom stereocenters. The van der Waals surface area contributed by atoms with Gasteiger partial charge >= 0.3 is 5.97 Å². The van der Waals surface area contributed by atoms with Gasteiger partial charge in [-0.3, -0.25) is 4.79 Å². The van der Waals surface area contributed by atoms with Gasteiger partial charge in [-0.15, -0.1) is 0 Å². The van der Waals surface area contributed by atoms with Gasteiger partial charge in [-0.2, -0.15) is 0 Å². The number of hydrogen-bond acceptors (Lipinski definition) is 3. The van der Waals surface area contributed by atoms with Crippen molar-refractivity contribution < 1.29 is 14.6 Å². The quantitative estimate of drug-likeness (QED) is 0.710. The van der Waals surface area contributed by atoms with Crippen molar-refractivity contribution in [3.8, 4) is 5.75 Å². The van der Waals surface area contributed by atoms with Gasteiger partial charge in [0.05, 0.1) is 9.89 Å². The van der Waals surface area contributed by atoms with E-state index in [2.05, 4.69) is 28.2 Å². The van der Waals surface area contributed by atoms with Crippen LogP contribution < -0.4 is 10.1 Å². The van der Waals surface area contributed by atoms with Gasteiger partial charge in [0.1, 0.15) is 12.4 Å². The van der Waals surface area contributed by atoms with E-state index in [4.69, 9.17) is 9.84 Å². The molecule has 4 nitrogen and oxygen atoms in total. The molecular weight excluding hydrogens is 322 g/mol. The van der Waals surface area contributed by atoms with E-state index in [1.165, 1.54) is 0 Å². The first-order valence-corrected chi connectivity index (χ1v) is 7.51. The summed E-state index contributed by atoms with van der Waals surface area (Å²) in [4.78, 5) is 11.0. The van der Waals surface area contributed by atoms with E-state index in [0.717, 1.165) is 29.5 Å². The molecule has 0 saturated carbocycles. The molecule has 0 aliphatic heterocycles. The minimum atomic E-state index is -0.902. The summed E-state index contributed by atoms with van der Waals surface area (Å²) in [5, 5.41) is 12.4. The summed E-state index contributed by atoms with van der Waals surface area (Å²) in [5.41, 5.74) is 0.260. The van der Waals surface area contributed by atoms with E-state index in [9.17, 15) is 4.79 Å². The second-order valence-electron chi connectivity index (χ2n) is 5.42. The maximum absolute atomic E-state index is 11.0. The maximum Gasteiger partial charge on any atom is 0.312 e. The molecule has 1 rings (SSSR count). The van der Waals surface area contributed by atoms with Crippen molar-refractivity contribution in [1.82, 2.24) is 5.32 Å². The van der Waals surface area contributed by atoms with Crippen LogP contribution in [0.5, 0.6) is 5.75 Å². The van der Waals surface area contributed by atoms with Gasteiger partial charge in [0.25, 0.3) is 0 Å². The zero-order chi connectivity index (χ0) is 15.2. The summed E-state index contributed by atoms with van der Waals surface area (Å²) in [7, 11) is 0. The van der Waals surface area contributed by atoms with Gasteiger partial charge < -0.3 is 15.2 Å². The number of benzene rings is 1. The summed E-state index contributed by atoms with van der Waals surface area (Å²) in [5.74, 6) is -0.201. The van der Waals surface area contributed by atoms with Crippen LogP contribution >= 0.6 is 15.9 Å². The third-order valence-electron chi connectivity index (χ3n) is 2.92. The van der Waals surface area contributed by atoms with Crippen LogP contribution in [0.25, 0.3) is 0 Å². The number of carboxylic acid groups (broad SMARTS) is 1. The predicted octanol–water partition coefficient (Wildman–Crippen LogP) is 3.44. The molecule has 0 radical (unpaired) electrons. The van der Waals surface area contributed by atoms with Crippen LogP contribution in [0.3, 0.4) is 0 Å². The molecule has 1 aromatic rings. The Kier molecular flexibility index (Phi) is 6.49. The molecule has 5 heteroatoms. The van der Waals surface area contributed by atoms with E-state index < -0.39 is 11.4 Å². The van der Waals surface area contributed by atoms with Gasteiger partial charge in [-0.05, 0) is 60.4 Å². The fraction of sp³-hybridized carbons (Fsp3) is 0.533. The molecule has 0 aliphatic rings. The molecule has 0 saturated heterocycles. The highest BCUT2D eigenvalue weighted by Crippen LogP contribution is 2.28. The lowest BCUT2D eigenvalue weighted by Crippen LogP contribution is -2.30. The summed E-state index contributed by atoms with van der Waals surface area (Å²) in [6.45, 7) is 7.35. The average Bonchev–Trinajstić information content (AvgIpc) is 2.38. The first-order valence-electron chi connectivity index (χ1n) is 6.72. The fourth-order valence-electron chi connectivity index (χ4n) is 1.50. The van der Waals surface area contributed by atoms with Crippen LogP contribution in [0, 0.1) is 5.41 Å². The molecule has 20 heavy (non-hydrogen) atoms. The van der Waals surface area contributed by atoms with Gasteiger partial charge in [0, 0.05) is 6.54 Å². The summed E-state index contributed by atoms with van der Waals surface area (Å²) in [6, 6.07) is 5.84. The van der Waals surface area contributed by atoms with Crippen molar-refractivity contribution in [2.75, 3.05) is 13.2 Å². The first-order chi connectivity index (χ1) is 9.36. The summed E-state index contributed by atoms with van der Waals surface area (Å²) >= 11 is 3.46.